The van der Waals surface area contributed by atoms with E-state index in [1.54, 1.807) is 0 Å². The molecule has 0 aliphatic rings. The Morgan fingerprint density at radius 3 is 2.67 bits per heavy atom. The molecule has 0 aromatic heterocycles. The summed E-state index contributed by atoms with van der Waals surface area (Å²) in [5.74, 6) is 1.03. The predicted molar refractivity (Wildman–Crippen MR) is 75.3 cm³/mol. The number of ketones is 1. The van der Waals surface area contributed by atoms with Crippen molar-refractivity contribution in [1.29, 1.82) is 0 Å². The van der Waals surface area contributed by atoms with Crippen LogP contribution in [0.5, 0.6) is 5.75 Å². The molecular weight excluding hydrogens is 224 g/mol. The fourth-order valence-electron chi connectivity index (χ4n) is 1.84. The van der Waals surface area contributed by atoms with E-state index in [0.717, 1.165) is 30.6 Å². The van der Waals surface area contributed by atoms with Gasteiger partial charge in [-0.2, -0.15) is 0 Å². The molecule has 2 nitrogen and oxygen atoms in total. The molecule has 0 heterocycles. The standard InChI is InChI=1S/C16H24O2/c1-3-5-6-7-11-16(17)14-9-8-10-15(13-14)18-12-4-2/h8-10,13H,3-7,11-12H2,1-2H3. The van der Waals surface area contributed by atoms with E-state index in [1.807, 2.05) is 24.3 Å². The van der Waals surface area contributed by atoms with Crippen LogP contribution in [0.1, 0.15) is 62.7 Å². The number of ether oxygens (including phenoxy) is 1. The molecule has 100 valence electrons. The normalized spacial score (nSPS) is 10.3. The monoisotopic (exact) mass is 248 g/mol. The highest BCUT2D eigenvalue weighted by molar-refractivity contribution is 5.96. The minimum Gasteiger partial charge on any atom is -0.494 e. The minimum absolute atomic E-state index is 0.230. The predicted octanol–water partition coefficient (Wildman–Crippen LogP) is 4.63. The van der Waals surface area contributed by atoms with E-state index in [9.17, 15) is 4.79 Å². The lowest BCUT2D eigenvalue weighted by atomic mass is 10.0. The van der Waals surface area contributed by atoms with Gasteiger partial charge in [0.05, 0.1) is 6.61 Å². The third-order valence-corrected chi connectivity index (χ3v) is 2.89. The smallest absolute Gasteiger partial charge is 0.163 e. The molecule has 0 fully saturated rings. The van der Waals surface area contributed by atoms with Gasteiger partial charge in [0, 0.05) is 12.0 Å². The second-order valence-electron chi connectivity index (χ2n) is 4.61. The van der Waals surface area contributed by atoms with Crippen LogP contribution < -0.4 is 4.74 Å². The van der Waals surface area contributed by atoms with E-state index in [-0.39, 0.29) is 5.78 Å². The first-order valence-corrected chi connectivity index (χ1v) is 7.04. The molecular formula is C16H24O2. The lowest BCUT2D eigenvalue weighted by Crippen LogP contribution is -2.01. The Labute approximate surface area is 110 Å². The second kappa shape index (κ2) is 8.73. The molecule has 0 aliphatic heterocycles. The van der Waals surface area contributed by atoms with Gasteiger partial charge in [0.2, 0.25) is 0 Å². The molecule has 0 unspecified atom stereocenters. The third-order valence-electron chi connectivity index (χ3n) is 2.89. The van der Waals surface area contributed by atoms with Crippen molar-refractivity contribution in [1.82, 2.24) is 0 Å². The molecule has 2 heteroatoms. The summed E-state index contributed by atoms with van der Waals surface area (Å²) in [5.41, 5.74) is 0.778. The second-order valence-corrected chi connectivity index (χ2v) is 4.61. The Morgan fingerprint density at radius 2 is 1.94 bits per heavy atom. The zero-order valence-electron chi connectivity index (χ0n) is 11.6. The van der Waals surface area contributed by atoms with Gasteiger partial charge in [0.1, 0.15) is 5.75 Å². The van der Waals surface area contributed by atoms with E-state index in [4.69, 9.17) is 4.74 Å². The van der Waals surface area contributed by atoms with Crippen molar-refractivity contribution < 1.29 is 9.53 Å². The maximum Gasteiger partial charge on any atom is 0.163 e. The highest BCUT2D eigenvalue weighted by Gasteiger charge is 2.06. The first-order chi connectivity index (χ1) is 8.77. The summed E-state index contributed by atoms with van der Waals surface area (Å²) in [6.45, 7) is 4.95. The zero-order chi connectivity index (χ0) is 13.2. The minimum atomic E-state index is 0.230. The van der Waals surface area contributed by atoms with E-state index in [1.165, 1.54) is 12.8 Å². The van der Waals surface area contributed by atoms with Crippen molar-refractivity contribution in [2.24, 2.45) is 0 Å². The molecule has 18 heavy (non-hydrogen) atoms. The first-order valence-electron chi connectivity index (χ1n) is 7.04. The van der Waals surface area contributed by atoms with Gasteiger partial charge in [-0.3, -0.25) is 4.79 Å². The van der Waals surface area contributed by atoms with Gasteiger partial charge in [0.15, 0.2) is 5.78 Å². The highest BCUT2D eigenvalue weighted by Crippen LogP contribution is 2.16. The number of unbranched alkanes of at least 4 members (excludes halogenated alkanes) is 3. The van der Waals surface area contributed by atoms with Crippen molar-refractivity contribution in [3.05, 3.63) is 29.8 Å². The fourth-order valence-corrected chi connectivity index (χ4v) is 1.84. The van der Waals surface area contributed by atoms with Crippen LogP contribution in [0.4, 0.5) is 0 Å². The molecule has 0 atom stereocenters. The summed E-state index contributed by atoms with van der Waals surface area (Å²) >= 11 is 0. The van der Waals surface area contributed by atoms with Crippen LogP contribution in [0.25, 0.3) is 0 Å². The van der Waals surface area contributed by atoms with Crippen molar-refractivity contribution in [2.75, 3.05) is 6.61 Å². The van der Waals surface area contributed by atoms with E-state index in [2.05, 4.69) is 13.8 Å². The third kappa shape index (κ3) is 5.35. The number of hydrogen-bond acceptors (Lipinski definition) is 2. The average molecular weight is 248 g/mol. The van der Waals surface area contributed by atoms with Gasteiger partial charge >= 0.3 is 0 Å². The lowest BCUT2D eigenvalue weighted by Gasteiger charge is -2.06. The maximum atomic E-state index is 12.0. The van der Waals surface area contributed by atoms with Crippen LogP contribution in [0.2, 0.25) is 0 Å². The van der Waals surface area contributed by atoms with Gasteiger partial charge in [-0.05, 0) is 25.0 Å². The molecule has 0 amide bonds. The first kappa shape index (κ1) is 14.7. The Morgan fingerprint density at radius 1 is 1.11 bits per heavy atom. The van der Waals surface area contributed by atoms with Crippen LogP contribution in [-0.4, -0.2) is 12.4 Å². The summed E-state index contributed by atoms with van der Waals surface area (Å²) in [6, 6.07) is 7.53. The SMILES string of the molecule is CCCCCCC(=O)c1cccc(OCCC)c1. The Bertz CT molecular complexity index is 358. The molecule has 1 aromatic carbocycles. The maximum absolute atomic E-state index is 12.0. The summed E-state index contributed by atoms with van der Waals surface area (Å²) < 4.78 is 5.54. The van der Waals surface area contributed by atoms with E-state index < -0.39 is 0 Å². The zero-order valence-corrected chi connectivity index (χ0v) is 11.6. The van der Waals surface area contributed by atoms with Crippen LogP contribution in [0.3, 0.4) is 0 Å². The van der Waals surface area contributed by atoms with Crippen molar-refractivity contribution in [3.8, 4) is 5.75 Å². The number of rotatable bonds is 9. The topological polar surface area (TPSA) is 26.3 Å². The fraction of sp³-hybridized carbons (Fsp3) is 0.562. The average Bonchev–Trinajstić information content (AvgIpc) is 2.41. The van der Waals surface area contributed by atoms with Crippen LogP contribution in [0.15, 0.2) is 24.3 Å². The van der Waals surface area contributed by atoms with Gasteiger partial charge in [0.25, 0.3) is 0 Å². The Balaban J connectivity index is 2.46. The van der Waals surface area contributed by atoms with Crippen molar-refractivity contribution >= 4 is 5.78 Å². The molecule has 1 rings (SSSR count). The van der Waals surface area contributed by atoms with Gasteiger partial charge in [-0.1, -0.05) is 45.2 Å². The van der Waals surface area contributed by atoms with Gasteiger partial charge in [-0.15, -0.1) is 0 Å². The summed E-state index contributed by atoms with van der Waals surface area (Å²) in [6.07, 6.45) is 6.19. The number of hydrogen-bond donors (Lipinski definition) is 0. The lowest BCUT2D eigenvalue weighted by molar-refractivity contribution is 0.0978. The molecule has 0 saturated carbocycles. The quantitative estimate of drug-likeness (QED) is 0.470. The summed E-state index contributed by atoms with van der Waals surface area (Å²) in [7, 11) is 0. The van der Waals surface area contributed by atoms with Crippen LogP contribution >= 0.6 is 0 Å². The number of benzene rings is 1. The Kier molecular flexibility index (Phi) is 7.16. The van der Waals surface area contributed by atoms with E-state index >= 15 is 0 Å². The van der Waals surface area contributed by atoms with E-state index in [0.29, 0.717) is 13.0 Å². The number of carbonyl (C=O) groups is 1. The number of Topliss-reactive ketones (excluding diaryl/α,β-unsaturated/α-hetero) is 1. The van der Waals surface area contributed by atoms with Crippen LogP contribution in [0, 0.1) is 0 Å². The summed E-state index contributed by atoms with van der Waals surface area (Å²) in [4.78, 5) is 12.0. The molecule has 1 aromatic rings. The molecule has 0 N–H and O–H groups in total. The van der Waals surface area contributed by atoms with Gasteiger partial charge < -0.3 is 4.74 Å². The molecule has 0 radical (unpaired) electrons. The van der Waals surface area contributed by atoms with Crippen molar-refractivity contribution in [3.63, 3.8) is 0 Å². The molecule has 0 spiro atoms. The van der Waals surface area contributed by atoms with Crippen molar-refractivity contribution in [2.45, 2.75) is 52.4 Å². The highest BCUT2D eigenvalue weighted by atomic mass is 16.5. The largest absolute Gasteiger partial charge is 0.494 e. The Hall–Kier alpha value is -1.31. The molecule has 0 bridgehead atoms. The van der Waals surface area contributed by atoms with Gasteiger partial charge in [-0.25, -0.2) is 0 Å². The number of carbonyl (C=O) groups excluding carboxylic acids is 1. The van der Waals surface area contributed by atoms with Crippen LogP contribution in [-0.2, 0) is 0 Å². The molecule has 0 aliphatic carbocycles. The molecule has 0 saturated heterocycles. The summed E-state index contributed by atoms with van der Waals surface area (Å²) in [5, 5.41) is 0.